The van der Waals surface area contributed by atoms with Crippen LogP contribution in [0.4, 0.5) is 0 Å². The average Bonchev–Trinajstić information content (AvgIpc) is 2.70. The summed E-state index contributed by atoms with van der Waals surface area (Å²) >= 11 is 0. The first kappa shape index (κ1) is 12.6. The molecule has 0 aliphatic heterocycles. The van der Waals surface area contributed by atoms with E-state index in [1.165, 1.54) is 0 Å². The molecular formula is C13H19NO2. The lowest BCUT2D eigenvalue weighted by molar-refractivity contribution is -0.118. The van der Waals surface area contributed by atoms with Gasteiger partial charge in [-0.1, -0.05) is 13.0 Å². The van der Waals surface area contributed by atoms with Gasteiger partial charge < -0.3 is 9.73 Å². The molecule has 1 N–H and O–H groups in total. The Labute approximate surface area is 96.5 Å². The summed E-state index contributed by atoms with van der Waals surface area (Å²) in [6, 6.07) is 3.85. The van der Waals surface area contributed by atoms with Gasteiger partial charge in [0, 0.05) is 18.0 Å². The van der Waals surface area contributed by atoms with Crippen LogP contribution >= 0.6 is 0 Å². The Hall–Kier alpha value is -1.51. The van der Waals surface area contributed by atoms with Crippen LogP contribution in [-0.2, 0) is 11.2 Å². The number of hydrogen-bond acceptors (Lipinski definition) is 2. The van der Waals surface area contributed by atoms with Crippen molar-refractivity contribution < 1.29 is 9.21 Å². The summed E-state index contributed by atoms with van der Waals surface area (Å²) in [6.45, 7) is 5.82. The highest BCUT2D eigenvalue weighted by atomic mass is 16.3. The van der Waals surface area contributed by atoms with E-state index < -0.39 is 0 Å². The predicted molar refractivity (Wildman–Crippen MR) is 64.1 cm³/mol. The molecule has 1 heterocycles. The van der Waals surface area contributed by atoms with Crippen molar-refractivity contribution in [1.29, 1.82) is 0 Å². The summed E-state index contributed by atoms with van der Waals surface area (Å²) < 4.78 is 5.23. The van der Waals surface area contributed by atoms with Crippen molar-refractivity contribution in [2.45, 2.75) is 39.7 Å². The molecule has 3 nitrogen and oxygen atoms in total. The Morgan fingerprint density at radius 2 is 2.38 bits per heavy atom. The lowest BCUT2D eigenvalue weighted by Gasteiger charge is -2.12. The molecular weight excluding hydrogens is 202 g/mol. The van der Waals surface area contributed by atoms with Crippen LogP contribution in [0, 0.1) is 0 Å². The fourth-order valence-corrected chi connectivity index (χ4v) is 1.52. The maximum atomic E-state index is 11.7. The molecule has 0 saturated carbocycles. The molecule has 3 heteroatoms. The van der Waals surface area contributed by atoms with E-state index in [2.05, 4.69) is 5.32 Å². The largest absolute Gasteiger partial charge is 0.469 e. The Bertz CT molecular complexity index is 352. The number of furan rings is 1. The van der Waals surface area contributed by atoms with Crippen molar-refractivity contribution in [1.82, 2.24) is 5.32 Å². The summed E-state index contributed by atoms with van der Waals surface area (Å²) in [5.41, 5.74) is 0.772. The highest BCUT2D eigenvalue weighted by Gasteiger charge is 2.10. The van der Waals surface area contributed by atoms with E-state index in [9.17, 15) is 4.79 Å². The van der Waals surface area contributed by atoms with Gasteiger partial charge in [-0.3, -0.25) is 4.79 Å². The number of hydrogen-bond donors (Lipinski definition) is 1. The topological polar surface area (TPSA) is 42.2 Å². The fraction of sp³-hybridized carbons (Fsp3) is 0.462. The molecule has 0 aromatic carbocycles. The molecule has 1 unspecified atom stereocenters. The molecule has 0 aliphatic carbocycles. The van der Waals surface area contributed by atoms with Gasteiger partial charge >= 0.3 is 0 Å². The molecule has 0 saturated heterocycles. The summed E-state index contributed by atoms with van der Waals surface area (Å²) in [4.78, 5) is 11.7. The molecule has 0 radical (unpaired) electrons. The van der Waals surface area contributed by atoms with E-state index in [-0.39, 0.29) is 11.9 Å². The van der Waals surface area contributed by atoms with Gasteiger partial charge in [0.15, 0.2) is 0 Å². The number of nitrogens with one attached hydrogen (secondary N) is 1. The van der Waals surface area contributed by atoms with Crippen molar-refractivity contribution in [3.05, 3.63) is 35.8 Å². The zero-order valence-electron chi connectivity index (χ0n) is 10.1. The third-order valence-corrected chi connectivity index (χ3v) is 2.33. The number of carbonyl (C=O) groups is 1. The predicted octanol–water partition coefficient (Wildman–Crippen LogP) is 2.68. The minimum Gasteiger partial charge on any atom is -0.469 e. The summed E-state index contributed by atoms with van der Waals surface area (Å²) in [6.07, 6.45) is 5.17. The minimum absolute atomic E-state index is 0.000839. The van der Waals surface area contributed by atoms with Gasteiger partial charge in [0.25, 0.3) is 0 Å². The van der Waals surface area contributed by atoms with Gasteiger partial charge in [0.2, 0.25) is 5.91 Å². The molecule has 0 bridgehead atoms. The number of amides is 1. The standard InChI is InChI=1S/C13H19NO2/c1-4-6-10(2)13(15)14-11(3)9-12-7-5-8-16-12/h5-8,11H,4,9H2,1-3H3,(H,14,15). The Morgan fingerprint density at radius 3 is 2.94 bits per heavy atom. The molecule has 0 aliphatic rings. The molecule has 1 aromatic rings. The van der Waals surface area contributed by atoms with E-state index in [1.807, 2.05) is 39.0 Å². The van der Waals surface area contributed by atoms with E-state index in [4.69, 9.17) is 4.42 Å². The molecule has 1 aromatic heterocycles. The van der Waals surface area contributed by atoms with Gasteiger partial charge in [0.05, 0.1) is 6.26 Å². The molecule has 1 rings (SSSR count). The number of rotatable bonds is 5. The number of allylic oxidation sites excluding steroid dienone is 1. The zero-order valence-corrected chi connectivity index (χ0v) is 10.1. The maximum Gasteiger partial charge on any atom is 0.246 e. The van der Waals surface area contributed by atoms with Gasteiger partial charge in [-0.05, 0) is 32.4 Å². The van der Waals surface area contributed by atoms with Crippen molar-refractivity contribution in [3.63, 3.8) is 0 Å². The van der Waals surface area contributed by atoms with Crippen LogP contribution in [0.1, 0.15) is 33.0 Å². The molecule has 0 fully saturated rings. The van der Waals surface area contributed by atoms with Crippen LogP contribution < -0.4 is 5.32 Å². The van der Waals surface area contributed by atoms with Crippen LogP contribution in [-0.4, -0.2) is 11.9 Å². The zero-order chi connectivity index (χ0) is 12.0. The van der Waals surface area contributed by atoms with Crippen molar-refractivity contribution in [2.24, 2.45) is 0 Å². The first-order valence-electron chi connectivity index (χ1n) is 5.63. The quantitative estimate of drug-likeness (QED) is 0.777. The van der Waals surface area contributed by atoms with Crippen LogP contribution in [0.2, 0.25) is 0 Å². The summed E-state index contributed by atoms with van der Waals surface area (Å²) in [7, 11) is 0. The maximum absolute atomic E-state index is 11.7. The van der Waals surface area contributed by atoms with Crippen molar-refractivity contribution in [3.8, 4) is 0 Å². The molecule has 1 atom stereocenters. The molecule has 88 valence electrons. The Balaban J connectivity index is 2.42. The number of carbonyl (C=O) groups excluding carboxylic acids is 1. The minimum atomic E-state index is 0.000839. The highest BCUT2D eigenvalue weighted by Crippen LogP contribution is 2.04. The molecule has 16 heavy (non-hydrogen) atoms. The average molecular weight is 221 g/mol. The van der Waals surface area contributed by atoms with Crippen LogP contribution in [0.15, 0.2) is 34.5 Å². The fourth-order valence-electron chi connectivity index (χ4n) is 1.52. The summed E-state index contributed by atoms with van der Waals surface area (Å²) in [5.74, 6) is 0.894. The first-order chi connectivity index (χ1) is 7.63. The van der Waals surface area contributed by atoms with E-state index in [0.717, 1.165) is 24.2 Å². The van der Waals surface area contributed by atoms with Crippen molar-refractivity contribution >= 4 is 5.91 Å². The summed E-state index contributed by atoms with van der Waals surface area (Å²) in [5, 5.41) is 2.94. The molecule has 1 amide bonds. The smallest absolute Gasteiger partial charge is 0.246 e. The van der Waals surface area contributed by atoms with Gasteiger partial charge in [-0.15, -0.1) is 0 Å². The van der Waals surface area contributed by atoms with Crippen LogP contribution in [0.25, 0.3) is 0 Å². The van der Waals surface area contributed by atoms with Crippen LogP contribution in [0.3, 0.4) is 0 Å². The molecule has 0 spiro atoms. The van der Waals surface area contributed by atoms with E-state index in [1.54, 1.807) is 6.26 Å². The lowest BCUT2D eigenvalue weighted by Crippen LogP contribution is -2.34. The normalized spacial score (nSPS) is 13.6. The second-order valence-corrected chi connectivity index (χ2v) is 3.95. The Kier molecular flexibility index (Phi) is 4.83. The first-order valence-corrected chi connectivity index (χ1v) is 5.63. The van der Waals surface area contributed by atoms with Gasteiger partial charge in [-0.25, -0.2) is 0 Å². The van der Waals surface area contributed by atoms with Gasteiger partial charge in [-0.2, -0.15) is 0 Å². The Morgan fingerprint density at radius 1 is 1.62 bits per heavy atom. The van der Waals surface area contributed by atoms with E-state index in [0.29, 0.717) is 0 Å². The monoisotopic (exact) mass is 221 g/mol. The SMILES string of the molecule is CCC=C(C)C(=O)NC(C)Cc1ccco1. The third-order valence-electron chi connectivity index (χ3n) is 2.33. The second-order valence-electron chi connectivity index (χ2n) is 3.95. The second kappa shape index (κ2) is 6.16. The van der Waals surface area contributed by atoms with Gasteiger partial charge in [0.1, 0.15) is 5.76 Å². The third kappa shape index (κ3) is 3.93. The van der Waals surface area contributed by atoms with Crippen molar-refractivity contribution in [2.75, 3.05) is 0 Å². The highest BCUT2D eigenvalue weighted by molar-refractivity contribution is 5.92. The van der Waals surface area contributed by atoms with Crippen LogP contribution in [0.5, 0.6) is 0 Å². The van der Waals surface area contributed by atoms with E-state index >= 15 is 0 Å². The lowest BCUT2D eigenvalue weighted by atomic mass is 10.1.